The highest BCUT2D eigenvalue weighted by atomic mass is 16.5. The molecule has 23 heavy (non-hydrogen) atoms. The number of ether oxygens (including phenoxy) is 1. The van der Waals surface area contributed by atoms with Crippen LogP contribution in [0, 0.1) is 0 Å². The molecule has 2 aromatic rings. The SMILES string of the molecule is C=CC1=Nc2ccccc2C(CC(=O)OC)N1c1ccccc1. The number of methoxy groups -OCH3 is 1. The Morgan fingerprint density at radius 1 is 1.22 bits per heavy atom. The van der Waals surface area contributed by atoms with E-state index in [1.54, 1.807) is 6.08 Å². The maximum atomic E-state index is 11.9. The zero-order chi connectivity index (χ0) is 16.2. The molecule has 0 N–H and O–H groups in total. The molecule has 1 unspecified atom stereocenters. The highest BCUT2D eigenvalue weighted by Gasteiger charge is 2.31. The number of para-hydroxylation sites is 2. The van der Waals surface area contributed by atoms with E-state index in [9.17, 15) is 4.79 Å². The van der Waals surface area contributed by atoms with E-state index in [2.05, 4.69) is 11.6 Å². The lowest BCUT2D eigenvalue weighted by molar-refractivity contribution is -0.141. The van der Waals surface area contributed by atoms with E-state index in [1.807, 2.05) is 59.5 Å². The molecule has 0 bridgehead atoms. The summed E-state index contributed by atoms with van der Waals surface area (Å²) in [6.45, 7) is 3.88. The van der Waals surface area contributed by atoms with Gasteiger partial charge in [0.15, 0.2) is 0 Å². The van der Waals surface area contributed by atoms with Gasteiger partial charge < -0.3 is 9.64 Å². The van der Waals surface area contributed by atoms with Gasteiger partial charge in [-0.05, 0) is 24.3 Å². The van der Waals surface area contributed by atoms with Crippen LogP contribution in [0.1, 0.15) is 18.0 Å². The number of hydrogen-bond donors (Lipinski definition) is 0. The van der Waals surface area contributed by atoms with E-state index in [1.165, 1.54) is 7.11 Å². The van der Waals surface area contributed by atoms with Gasteiger partial charge in [-0.1, -0.05) is 43.0 Å². The third kappa shape index (κ3) is 2.88. The molecule has 1 aliphatic heterocycles. The van der Waals surface area contributed by atoms with E-state index in [4.69, 9.17) is 4.74 Å². The molecule has 4 heteroatoms. The van der Waals surface area contributed by atoms with E-state index in [0.29, 0.717) is 0 Å². The van der Waals surface area contributed by atoms with Crippen LogP contribution in [0.25, 0.3) is 0 Å². The van der Waals surface area contributed by atoms with Crippen LogP contribution in [0.2, 0.25) is 0 Å². The molecule has 0 radical (unpaired) electrons. The van der Waals surface area contributed by atoms with Gasteiger partial charge in [0.2, 0.25) is 0 Å². The zero-order valence-electron chi connectivity index (χ0n) is 13.0. The Bertz CT molecular complexity index is 753. The number of esters is 1. The average Bonchev–Trinajstić information content (AvgIpc) is 2.61. The van der Waals surface area contributed by atoms with Crippen molar-refractivity contribution in [3.05, 3.63) is 72.8 Å². The molecule has 0 saturated heterocycles. The zero-order valence-corrected chi connectivity index (χ0v) is 13.0. The molecule has 1 heterocycles. The number of fused-ring (bicyclic) bond motifs is 1. The van der Waals surface area contributed by atoms with E-state index >= 15 is 0 Å². The Morgan fingerprint density at radius 3 is 2.61 bits per heavy atom. The summed E-state index contributed by atoms with van der Waals surface area (Å²) in [6.07, 6.45) is 1.96. The van der Waals surface area contributed by atoms with Crippen LogP contribution in [0.5, 0.6) is 0 Å². The smallest absolute Gasteiger partial charge is 0.307 e. The molecular weight excluding hydrogens is 288 g/mol. The molecule has 0 aromatic heterocycles. The maximum Gasteiger partial charge on any atom is 0.307 e. The van der Waals surface area contributed by atoms with Gasteiger partial charge in [-0.2, -0.15) is 0 Å². The second-order valence-corrected chi connectivity index (χ2v) is 5.23. The summed E-state index contributed by atoms with van der Waals surface area (Å²) in [5.41, 5.74) is 2.84. The standard InChI is InChI=1S/C19H18N2O2/c1-3-18-20-16-12-8-7-11-15(16)17(13-19(22)23-2)21(18)14-9-5-4-6-10-14/h3-12,17H,1,13H2,2H3. The van der Waals surface area contributed by atoms with Crippen LogP contribution in [-0.2, 0) is 9.53 Å². The first-order chi connectivity index (χ1) is 11.2. The van der Waals surface area contributed by atoms with Crippen molar-refractivity contribution in [2.45, 2.75) is 12.5 Å². The fraction of sp³-hybridized carbons (Fsp3) is 0.158. The highest BCUT2D eigenvalue weighted by molar-refractivity contribution is 6.09. The minimum absolute atomic E-state index is 0.174. The third-order valence-corrected chi connectivity index (χ3v) is 3.89. The normalized spacial score (nSPS) is 16.3. The summed E-state index contributed by atoms with van der Waals surface area (Å²) in [5.74, 6) is 0.472. The summed E-state index contributed by atoms with van der Waals surface area (Å²) < 4.78 is 4.89. The topological polar surface area (TPSA) is 41.9 Å². The molecule has 4 nitrogen and oxygen atoms in total. The van der Waals surface area contributed by atoms with Crippen molar-refractivity contribution in [1.29, 1.82) is 0 Å². The van der Waals surface area contributed by atoms with Gasteiger partial charge >= 0.3 is 5.97 Å². The third-order valence-electron chi connectivity index (χ3n) is 3.89. The van der Waals surface area contributed by atoms with Crippen molar-refractivity contribution >= 4 is 23.2 Å². The van der Waals surface area contributed by atoms with Crippen LogP contribution in [0.4, 0.5) is 11.4 Å². The summed E-state index contributed by atoms with van der Waals surface area (Å²) in [6, 6.07) is 17.6. The molecule has 0 saturated carbocycles. The molecule has 0 spiro atoms. The van der Waals surface area contributed by atoms with Crippen LogP contribution < -0.4 is 4.90 Å². The highest BCUT2D eigenvalue weighted by Crippen LogP contribution is 2.39. The summed E-state index contributed by atoms with van der Waals surface area (Å²) >= 11 is 0. The van der Waals surface area contributed by atoms with Gasteiger partial charge in [-0.3, -0.25) is 4.79 Å². The van der Waals surface area contributed by atoms with E-state index in [0.717, 1.165) is 22.8 Å². The van der Waals surface area contributed by atoms with Gasteiger partial charge in [-0.25, -0.2) is 4.99 Å². The first kappa shape index (κ1) is 15.0. The first-order valence-electron chi connectivity index (χ1n) is 7.45. The van der Waals surface area contributed by atoms with Crippen molar-refractivity contribution in [2.75, 3.05) is 12.0 Å². The first-order valence-corrected chi connectivity index (χ1v) is 7.45. The van der Waals surface area contributed by atoms with Crippen molar-refractivity contribution in [3.8, 4) is 0 Å². The lowest BCUT2D eigenvalue weighted by Gasteiger charge is -2.37. The Balaban J connectivity index is 2.14. The van der Waals surface area contributed by atoms with Gasteiger partial charge in [0, 0.05) is 11.3 Å². The van der Waals surface area contributed by atoms with Gasteiger partial charge in [0.05, 0.1) is 25.3 Å². The van der Waals surface area contributed by atoms with Crippen LogP contribution >= 0.6 is 0 Å². The van der Waals surface area contributed by atoms with Gasteiger partial charge in [0.25, 0.3) is 0 Å². The Hall–Kier alpha value is -2.88. The van der Waals surface area contributed by atoms with Crippen molar-refractivity contribution < 1.29 is 9.53 Å². The maximum absolute atomic E-state index is 11.9. The largest absolute Gasteiger partial charge is 0.469 e. The summed E-state index contributed by atoms with van der Waals surface area (Å²) in [7, 11) is 1.41. The Labute approximate surface area is 135 Å². The lowest BCUT2D eigenvalue weighted by atomic mass is 9.97. The Morgan fingerprint density at radius 2 is 1.91 bits per heavy atom. The lowest BCUT2D eigenvalue weighted by Crippen LogP contribution is -2.37. The number of aliphatic imine (C=N–C) groups is 1. The number of carbonyl (C=O) groups is 1. The predicted octanol–water partition coefficient (Wildman–Crippen LogP) is 4.03. The molecule has 1 aliphatic rings. The number of rotatable bonds is 4. The van der Waals surface area contributed by atoms with Gasteiger partial charge in [0.1, 0.15) is 5.84 Å². The molecule has 2 aromatic carbocycles. The van der Waals surface area contributed by atoms with E-state index in [-0.39, 0.29) is 18.4 Å². The number of nitrogens with zero attached hydrogens (tertiary/aromatic N) is 2. The molecular formula is C19H18N2O2. The quantitative estimate of drug-likeness (QED) is 0.801. The predicted molar refractivity (Wildman–Crippen MR) is 92.0 cm³/mol. The number of amidine groups is 1. The minimum atomic E-state index is -0.254. The van der Waals surface area contributed by atoms with Crippen molar-refractivity contribution in [2.24, 2.45) is 4.99 Å². The van der Waals surface area contributed by atoms with Crippen LogP contribution in [0.15, 0.2) is 72.2 Å². The van der Waals surface area contributed by atoms with Crippen LogP contribution in [-0.4, -0.2) is 18.9 Å². The molecule has 0 aliphatic carbocycles. The monoisotopic (exact) mass is 306 g/mol. The second-order valence-electron chi connectivity index (χ2n) is 5.23. The number of benzene rings is 2. The molecule has 3 rings (SSSR count). The number of carbonyl (C=O) groups excluding carboxylic acids is 1. The molecule has 0 amide bonds. The fourth-order valence-corrected chi connectivity index (χ4v) is 2.83. The minimum Gasteiger partial charge on any atom is -0.469 e. The van der Waals surface area contributed by atoms with Gasteiger partial charge in [-0.15, -0.1) is 0 Å². The average molecular weight is 306 g/mol. The number of anilines is 1. The summed E-state index contributed by atoms with van der Waals surface area (Å²) in [4.78, 5) is 18.7. The molecule has 116 valence electrons. The second kappa shape index (κ2) is 6.48. The molecule has 1 atom stereocenters. The Kier molecular flexibility index (Phi) is 4.24. The molecule has 0 fully saturated rings. The van der Waals surface area contributed by atoms with Crippen molar-refractivity contribution in [1.82, 2.24) is 0 Å². The van der Waals surface area contributed by atoms with E-state index < -0.39 is 0 Å². The van der Waals surface area contributed by atoms with Crippen LogP contribution in [0.3, 0.4) is 0 Å². The number of hydrogen-bond acceptors (Lipinski definition) is 4. The summed E-state index contributed by atoms with van der Waals surface area (Å²) in [5, 5.41) is 0. The fourth-order valence-electron chi connectivity index (χ4n) is 2.83. The van der Waals surface area contributed by atoms with Crippen molar-refractivity contribution in [3.63, 3.8) is 0 Å².